The first-order valence-corrected chi connectivity index (χ1v) is 12.5. The summed E-state index contributed by atoms with van der Waals surface area (Å²) in [6, 6.07) is 14.7. The maximum Gasteiger partial charge on any atom is 2.00 e. The molecule has 0 spiro atoms. The molecule has 0 amide bonds. The summed E-state index contributed by atoms with van der Waals surface area (Å²) >= 11 is 0. The van der Waals surface area contributed by atoms with Crippen LogP contribution in [0.15, 0.2) is 52.4 Å². The summed E-state index contributed by atoms with van der Waals surface area (Å²) in [5.74, 6) is 0. The zero-order valence-corrected chi connectivity index (χ0v) is 27.0. The molecule has 1 saturated heterocycles. The van der Waals surface area contributed by atoms with Gasteiger partial charge < -0.3 is 29.6 Å². The maximum absolute atomic E-state index is 4.94. The van der Waals surface area contributed by atoms with E-state index in [1.54, 1.807) is 0 Å². The van der Waals surface area contributed by atoms with Gasteiger partial charge in [-0.05, 0) is 103 Å². The van der Waals surface area contributed by atoms with Crippen molar-refractivity contribution in [2.45, 2.75) is 68.2 Å². The number of ether oxygens (including phenoxy) is 1. The van der Waals surface area contributed by atoms with Crippen LogP contribution in [0.2, 0.25) is 0 Å². The molecule has 0 unspecified atom stereocenters. The second kappa shape index (κ2) is 16.9. The molecule has 3 aromatic rings. The van der Waals surface area contributed by atoms with Crippen LogP contribution in [0, 0.1) is 41.5 Å². The molecule has 4 nitrogen and oxygen atoms in total. The Morgan fingerprint density at radius 1 is 0.658 bits per heavy atom. The van der Waals surface area contributed by atoms with Gasteiger partial charge in [0.05, 0.1) is 34.2 Å². The van der Waals surface area contributed by atoms with Gasteiger partial charge in [-0.2, -0.15) is 0 Å². The third-order valence-electron chi connectivity index (χ3n) is 6.15. The molecule has 1 aliphatic rings. The van der Waals surface area contributed by atoms with E-state index in [0.717, 1.165) is 47.4 Å². The summed E-state index contributed by atoms with van der Waals surface area (Å²) in [5.41, 5.74) is 12.9. The van der Waals surface area contributed by atoms with Crippen molar-refractivity contribution in [3.8, 4) is 0 Å². The molecule has 4 rings (SSSR count). The molecule has 0 saturated carbocycles. The van der Waals surface area contributed by atoms with Gasteiger partial charge in [0, 0.05) is 13.2 Å². The number of aromatic nitrogens is 1. The smallest absolute Gasteiger partial charge is 1.00 e. The molecule has 1 fully saturated rings. The number of rotatable bonds is 4. The van der Waals surface area contributed by atoms with E-state index in [9.17, 15) is 0 Å². The Morgan fingerprint density at radius 2 is 1.00 bits per heavy atom. The predicted octanol–water partition coefficient (Wildman–Crippen LogP) is 2.02. The third kappa shape index (κ3) is 10.0. The molecule has 2 aromatic carbocycles. The van der Waals surface area contributed by atoms with E-state index in [1.807, 2.05) is 32.0 Å². The molecule has 0 N–H and O–H groups in total. The molecule has 0 atom stereocenters. The Bertz CT molecular complexity index is 1130. The van der Waals surface area contributed by atoms with Crippen LogP contribution in [0.25, 0.3) is 0 Å². The SMILES string of the molecule is C1CCOC1.CC(=Nc1c(C)cc(C)cc1C)c1cccc(C(C)=Nc2c(C)cc(C)cc2C)n1.[Cl-].[Cl-].[Ru+2]. The van der Waals surface area contributed by atoms with Gasteiger partial charge in [0.25, 0.3) is 0 Å². The van der Waals surface area contributed by atoms with Crippen molar-refractivity contribution < 1.29 is 49.0 Å². The van der Waals surface area contributed by atoms with Crippen LogP contribution in [0.4, 0.5) is 11.4 Å². The largest absolute Gasteiger partial charge is 2.00 e. The number of hydrogen-bond acceptors (Lipinski definition) is 4. The molecule has 1 aliphatic heterocycles. The van der Waals surface area contributed by atoms with Crippen LogP contribution >= 0.6 is 0 Å². The molecule has 0 aliphatic carbocycles. The zero-order chi connectivity index (χ0) is 25.5. The first kappa shape index (κ1) is 36.1. The first-order chi connectivity index (χ1) is 16.7. The molecule has 2 heterocycles. The maximum atomic E-state index is 4.94. The number of nitrogens with zero attached hydrogens (tertiary/aromatic N) is 3. The van der Waals surface area contributed by atoms with Crippen molar-refractivity contribution in [3.05, 3.63) is 87.2 Å². The van der Waals surface area contributed by atoms with Crippen molar-refractivity contribution in [2.75, 3.05) is 13.2 Å². The van der Waals surface area contributed by atoms with Crippen molar-refractivity contribution in [3.63, 3.8) is 0 Å². The molecule has 0 bridgehead atoms. The summed E-state index contributed by atoms with van der Waals surface area (Å²) in [7, 11) is 0. The summed E-state index contributed by atoms with van der Waals surface area (Å²) in [4.78, 5) is 14.7. The number of aryl methyl sites for hydroxylation is 6. The standard InChI is InChI=1S/C27H31N3.C4H8O.2ClH.Ru/c1-16-12-18(3)26(19(4)13-16)28-22(7)24-10-9-11-25(30-24)23(8)29-27-20(5)14-17(2)15-21(27)6;1-2-4-5-3-1;;;/h9-15H,1-8H3;1-4H2;2*1H;/q;;;;+2/p-2. The van der Waals surface area contributed by atoms with Gasteiger partial charge in [-0.25, -0.2) is 4.98 Å². The van der Waals surface area contributed by atoms with E-state index < -0.39 is 0 Å². The molecular formula is C31H39Cl2N3ORu. The van der Waals surface area contributed by atoms with Gasteiger partial charge in [0.15, 0.2) is 0 Å². The van der Waals surface area contributed by atoms with E-state index in [1.165, 1.54) is 46.2 Å². The van der Waals surface area contributed by atoms with Gasteiger partial charge in [0.2, 0.25) is 0 Å². The van der Waals surface area contributed by atoms with Crippen molar-refractivity contribution >= 4 is 22.8 Å². The van der Waals surface area contributed by atoms with Crippen molar-refractivity contribution in [1.29, 1.82) is 0 Å². The van der Waals surface area contributed by atoms with Crippen LogP contribution in [0.3, 0.4) is 0 Å². The fourth-order valence-electron chi connectivity index (χ4n) is 4.50. The number of benzene rings is 2. The van der Waals surface area contributed by atoms with E-state index in [4.69, 9.17) is 19.7 Å². The van der Waals surface area contributed by atoms with Gasteiger partial charge in [-0.15, -0.1) is 0 Å². The fraction of sp³-hybridized carbons (Fsp3) is 0.387. The Labute approximate surface area is 254 Å². The quantitative estimate of drug-likeness (QED) is 0.324. The van der Waals surface area contributed by atoms with E-state index >= 15 is 0 Å². The first-order valence-electron chi connectivity index (χ1n) is 12.5. The molecule has 7 heteroatoms. The summed E-state index contributed by atoms with van der Waals surface area (Å²) in [6.07, 6.45) is 2.56. The Kier molecular flexibility index (Phi) is 16.1. The van der Waals surface area contributed by atoms with Gasteiger partial charge >= 0.3 is 19.5 Å². The number of pyridine rings is 1. The minimum atomic E-state index is 0. The Hall–Kier alpha value is -1.91. The van der Waals surface area contributed by atoms with Crippen LogP contribution in [-0.4, -0.2) is 29.6 Å². The number of halogens is 2. The average Bonchev–Trinajstić information content (AvgIpc) is 3.39. The Balaban J connectivity index is 0.00000154. The fourth-order valence-corrected chi connectivity index (χ4v) is 4.50. The van der Waals surface area contributed by atoms with Crippen LogP contribution < -0.4 is 24.8 Å². The molecule has 206 valence electrons. The van der Waals surface area contributed by atoms with Gasteiger partial charge in [-0.1, -0.05) is 41.5 Å². The van der Waals surface area contributed by atoms with Crippen molar-refractivity contribution in [2.24, 2.45) is 9.98 Å². The monoisotopic (exact) mass is 641 g/mol. The normalized spacial score (nSPS) is 12.9. The second-order valence-electron chi connectivity index (χ2n) is 9.62. The van der Waals surface area contributed by atoms with Gasteiger partial charge in [0.1, 0.15) is 0 Å². The topological polar surface area (TPSA) is 46.8 Å². The Morgan fingerprint density at radius 3 is 1.29 bits per heavy atom. The average molecular weight is 642 g/mol. The predicted molar refractivity (Wildman–Crippen MR) is 149 cm³/mol. The van der Waals surface area contributed by atoms with Crippen LogP contribution in [0.1, 0.15) is 71.5 Å². The van der Waals surface area contributed by atoms with E-state index in [0.29, 0.717) is 0 Å². The number of hydrogen-bond donors (Lipinski definition) is 0. The summed E-state index contributed by atoms with van der Waals surface area (Å²) < 4.78 is 4.94. The minimum absolute atomic E-state index is 0. The minimum Gasteiger partial charge on any atom is -1.00 e. The zero-order valence-electron chi connectivity index (χ0n) is 23.7. The molecule has 38 heavy (non-hydrogen) atoms. The van der Waals surface area contributed by atoms with E-state index in [2.05, 4.69) is 65.8 Å². The van der Waals surface area contributed by atoms with Crippen molar-refractivity contribution in [1.82, 2.24) is 4.98 Å². The molecular weight excluding hydrogens is 602 g/mol. The third-order valence-corrected chi connectivity index (χ3v) is 6.15. The molecule has 1 aromatic heterocycles. The summed E-state index contributed by atoms with van der Waals surface area (Å²) in [5, 5.41) is 0. The molecule has 0 radical (unpaired) electrons. The van der Waals surface area contributed by atoms with Crippen LogP contribution in [-0.2, 0) is 24.2 Å². The second-order valence-corrected chi connectivity index (χ2v) is 9.62. The van der Waals surface area contributed by atoms with Gasteiger partial charge in [-0.3, -0.25) is 9.98 Å². The van der Waals surface area contributed by atoms with E-state index in [-0.39, 0.29) is 44.3 Å². The summed E-state index contributed by atoms with van der Waals surface area (Å²) in [6.45, 7) is 18.7. The number of aliphatic imine (C=N–C) groups is 2. The van der Waals surface area contributed by atoms with Crippen LogP contribution in [0.5, 0.6) is 0 Å².